The fourth-order valence-corrected chi connectivity index (χ4v) is 3.47. The SMILES string of the molecule is Cc1ccc(Cn2c(=O)n(CCNC(=O)c3ccc(C)cc3)c3ncccc32)cc1. The predicted molar refractivity (Wildman–Crippen MR) is 118 cm³/mol. The van der Waals surface area contributed by atoms with Crippen molar-refractivity contribution >= 4 is 17.1 Å². The zero-order chi connectivity index (χ0) is 21.1. The van der Waals surface area contributed by atoms with Gasteiger partial charge in [-0.3, -0.25) is 13.9 Å². The number of pyridine rings is 1. The summed E-state index contributed by atoms with van der Waals surface area (Å²) in [5.41, 5.74) is 5.22. The quantitative estimate of drug-likeness (QED) is 0.540. The first-order valence-corrected chi connectivity index (χ1v) is 9.97. The smallest absolute Gasteiger partial charge is 0.330 e. The molecular weight excluding hydrogens is 376 g/mol. The van der Waals surface area contributed by atoms with Crippen molar-refractivity contribution in [1.82, 2.24) is 19.4 Å². The summed E-state index contributed by atoms with van der Waals surface area (Å²) >= 11 is 0. The standard InChI is InChI=1S/C24H24N4O2/c1-17-5-9-19(10-6-17)16-28-21-4-3-13-25-22(21)27(24(28)30)15-14-26-23(29)20-11-7-18(2)8-12-20/h3-13H,14-16H2,1-2H3,(H,26,29). The number of carbonyl (C=O) groups is 1. The third-order valence-corrected chi connectivity index (χ3v) is 5.17. The van der Waals surface area contributed by atoms with E-state index in [2.05, 4.69) is 10.3 Å². The molecule has 1 N–H and O–H groups in total. The van der Waals surface area contributed by atoms with Crippen molar-refractivity contribution in [2.75, 3.05) is 6.54 Å². The van der Waals surface area contributed by atoms with Gasteiger partial charge >= 0.3 is 5.69 Å². The van der Waals surface area contributed by atoms with E-state index in [0.29, 0.717) is 30.8 Å². The Morgan fingerprint density at radius 3 is 2.30 bits per heavy atom. The van der Waals surface area contributed by atoms with Gasteiger partial charge in [0.1, 0.15) is 0 Å². The highest BCUT2D eigenvalue weighted by Gasteiger charge is 2.14. The monoisotopic (exact) mass is 400 g/mol. The number of aromatic nitrogens is 3. The summed E-state index contributed by atoms with van der Waals surface area (Å²) in [5, 5.41) is 2.89. The van der Waals surface area contributed by atoms with E-state index in [-0.39, 0.29) is 11.6 Å². The van der Waals surface area contributed by atoms with Crippen LogP contribution in [0.3, 0.4) is 0 Å². The van der Waals surface area contributed by atoms with Crippen LogP contribution < -0.4 is 11.0 Å². The van der Waals surface area contributed by atoms with Crippen molar-refractivity contribution in [3.63, 3.8) is 0 Å². The Morgan fingerprint density at radius 2 is 1.60 bits per heavy atom. The Labute approximate surface area is 174 Å². The molecule has 4 aromatic rings. The van der Waals surface area contributed by atoms with Crippen LogP contribution in [0.5, 0.6) is 0 Å². The molecule has 2 aromatic carbocycles. The van der Waals surface area contributed by atoms with Crippen LogP contribution in [0.2, 0.25) is 0 Å². The van der Waals surface area contributed by atoms with Crippen LogP contribution in [0.15, 0.2) is 71.7 Å². The number of nitrogens with zero attached hydrogens (tertiary/aromatic N) is 3. The number of hydrogen-bond acceptors (Lipinski definition) is 3. The summed E-state index contributed by atoms with van der Waals surface area (Å²) in [7, 11) is 0. The highest BCUT2D eigenvalue weighted by molar-refractivity contribution is 5.94. The van der Waals surface area contributed by atoms with Crippen LogP contribution in [-0.4, -0.2) is 26.6 Å². The van der Waals surface area contributed by atoms with Crippen LogP contribution in [0, 0.1) is 13.8 Å². The summed E-state index contributed by atoms with van der Waals surface area (Å²) in [5.74, 6) is -0.153. The Morgan fingerprint density at radius 1 is 0.933 bits per heavy atom. The highest BCUT2D eigenvalue weighted by atomic mass is 16.2. The first-order valence-electron chi connectivity index (χ1n) is 9.97. The molecule has 4 rings (SSSR count). The first kappa shape index (κ1) is 19.6. The molecule has 2 heterocycles. The number of nitrogens with one attached hydrogen (secondary N) is 1. The first-order chi connectivity index (χ1) is 14.5. The zero-order valence-corrected chi connectivity index (χ0v) is 17.1. The molecule has 0 bridgehead atoms. The molecule has 0 atom stereocenters. The van der Waals surface area contributed by atoms with Crippen molar-refractivity contribution in [2.24, 2.45) is 0 Å². The van der Waals surface area contributed by atoms with E-state index in [4.69, 9.17) is 0 Å². The van der Waals surface area contributed by atoms with Gasteiger partial charge in [0.05, 0.1) is 12.1 Å². The van der Waals surface area contributed by atoms with E-state index in [0.717, 1.165) is 16.6 Å². The van der Waals surface area contributed by atoms with Crippen molar-refractivity contribution < 1.29 is 4.79 Å². The molecule has 6 nitrogen and oxygen atoms in total. The highest BCUT2D eigenvalue weighted by Crippen LogP contribution is 2.13. The average Bonchev–Trinajstić information content (AvgIpc) is 3.01. The number of fused-ring (bicyclic) bond motifs is 1. The Hall–Kier alpha value is -3.67. The second-order valence-electron chi connectivity index (χ2n) is 7.47. The number of benzene rings is 2. The number of aryl methyl sites for hydroxylation is 2. The lowest BCUT2D eigenvalue weighted by atomic mass is 10.1. The summed E-state index contributed by atoms with van der Waals surface area (Å²) in [6.45, 7) is 5.19. The number of amides is 1. The van der Waals surface area contributed by atoms with E-state index in [1.807, 2.05) is 62.4 Å². The molecule has 0 spiro atoms. The predicted octanol–water partition coefficient (Wildman–Crippen LogP) is 3.29. The summed E-state index contributed by atoms with van der Waals surface area (Å²) in [4.78, 5) is 29.9. The lowest BCUT2D eigenvalue weighted by Gasteiger charge is -2.06. The van der Waals surface area contributed by atoms with Crippen LogP contribution in [0.4, 0.5) is 0 Å². The minimum absolute atomic E-state index is 0.131. The van der Waals surface area contributed by atoms with Gasteiger partial charge in [0, 0.05) is 24.8 Å². The van der Waals surface area contributed by atoms with Crippen LogP contribution in [0.25, 0.3) is 11.2 Å². The maximum absolute atomic E-state index is 13.1. The molecule has 0 fully saturated rings. The van der Waals surface area contributed by atoms with Gasteiger partial charge in [-0.1, -0.05) is 47.5 Å². The lowest BCUT2D eigenvalue weighted by Crippen LogP contribution is -2.32. The zero-order valence-electron chi connectivity index (χ0n) is 17.1. The third-order valence-electron chi connectivity index (χ3n) is 5.17. The molecule has 0 saturated carbocycles. The molecule has 0 aliphatic carbocycles. The Kier molecular flexibility index (Phi) is 5.48. The molecule has 0 unspecified atom stereocenters. The van der Waals surface area contributed by atoms with Gasteiger partial charge in [0.25, 0.3) is 5.91 Å². The molecule has 1 amide bonds. The molecule has 0 aliphatic rings. The van der Waals surface area contributed by atoms with Crippen LogP contribution in [0.1, 0.15) is 27.0 Å². The molecule has 2 aromatic heterocycles. The van der Waals surface area contributed by atoms with Gasteiger partial charge < -0.3 is 5.32 Å². The molecule has 152 valence electrons. The van der Waals surface area contributed by atoms with Gasteiger partial charge in [-0.2, -0.15) is 0 Å². The Bertz CT molecular complexity index is 1240. The molecule has 30 heavy (non-hydrogen) atoms. The van der Waals surface area contributed by atoms with Gasteiger partial charge in [-0.25, -0.2) is 9.78 Å². The molecule has 0 saturated heterocycles. The minimum atomic E-state index is -0.153. The fourth-order valence-electron chi connectivity index (χ4n) is 3.47. The normalized spacial score (nSPS) is 11.0. The largest absolute Gasteiger partial charge is 0.350 e. The maximum atomic E-state index is 13.1. The van der Waals surface area contributed by atoms with Crippen molar-refractivity contribution in [3.8, 4) is 0 Å². The van der Waals surface area contributed by atoms with E-state index in [9.17, 15) is 9.59 Å². The Balaban J connectivity index is 1.54. The number of hydrogen-bond donors (Lipinski definition) is 1. The number of imidazole rings is 1. The summed E-state index contributed by atoms with van der Waals surface area (Å²) < 4.78 is 3.35. The van der Waals surface area contributed by atoms with Crippen molar-refractivity contribution in [2.45, 2.75) is 26.9 Å². The molecule has 0 aliphatic heterocycles. The van der Waals surface area contributed by atoms with Crippen LogP contribution in [-0.2, 0) is 13.1 Å². The van der Waals surface area contributed by atoms with Gasteiger partial charge in [0.2, 0.25) is 0 Å². The minimum Gasteiger partial charge on any atom is -0.350 e. The van der Waals surface area contributed by atoms with Crippen LogP contribution >= 0.6 is 0 Å². The van der Waals surface area contributed by atoms with E-state index < -0.39 is 0 Å². The molecular formula is C24H24N4O2. The molecule has 6 heteroatoms. The van der Waals surface area contributed by atoms with E-state index >= 15 is 0 Å². The second-order valence-corrected chi connectivity index (χ2v) is 7.47. The van der Waals surface area contributed by atoms with Gasteiger partial charge in [-0.15, -0.1) is 0 Å². The van der Waals surface area contributed by atoms with E-state index in [1.165, 1.54) is 5.56 Å². The second kappa shape index (κ2) is 8.37. The topological polar surface area (TPSA) is 68.9 Å². The molecule has 0 radical (unpaired) electrons. The van der Waals surface area contributed by atoms with Gasteiger partial charge in [0.15, 0.2) is 5.65 Å². The third kappa shape index (κ3) is 4.03. The maximum Gasteiger partial charge on any atom is 0.330 e. The van der Waals surface area contributed by atoms with Crippen molar-refractivity contribution in [1.29, 1.82) is 0 Å². The fraction of sp³-hybridized carbons (Fsp3) is 0.208. The average molecular weight is 400 g/mol. The number of rotatable bonds is 6. The van der Waals surface area contributed by atoms with Crippen molar-refractivity contribution in [3.05, 3.63) is 99.6 Å². The summed E-state index contributed by atoms with van der Waals surface area (Å²) in [6, 6.07) is 19.3. The summed E-state index contributed by atoms with van der Waals surface area (Å²) in [6.07, 6.45) is 1.68. The lowest BCUT2D eigenvalue weighted by molar-refractivity contribution is 0.0952. The number of carbonyl (C=O) groups excluding carboxylic acids is 1. The van der Waals surface area contributed by atoms with Gasteiger partial charge in [-0.05, 0) is 43.7 Å². The van der Waals surface area contributed by atoms with E-state index in [1.54, 1.807) is 27.5 Å².